The van der Waals surface area contributed by atoms with Crippen LogP contribution in [-0.4, -0.2) is 17.0 Å². The summed E-state index contributed by atoms with van der Waals surface area (Å²) < 4.78 is 0. The minimum atomic E-state index is -0.862. The number of amides is 1. The van der Waals surface area contributed by atoms with E-state index in [1.807, 2.05) is 49.4 Å². The fourth-order valence-electron chi connectivity index (χ4n) is 3.65. The van der Waals surface area contributed by atoms with E-state index in [2.05, 4.69) is 5.32 Å². The predicted molar refractivity (Wildman–Crippen MR) is 78.4 cm³/mol. The molecule has 2 aliphatic rings. The molecule has 2 aliphatic carbocycles. The molecule has 21 heavy (non-hydrogen) atoms. The van der Waals surface area contributed by atoms with Crippen molar-refractivity contribution in [2.75, 3.05) is 0 Å². The van der Waals surface area contributed by atoms with Crippen LogP contribution in [0, 0.1) is 23.7 Å². The summed E-state index contributed by atoms with van der Waals surface area (Å²) in [7, 11) is 0. The molecule has 1 aromatic rings. The summed E-state index contributed by atoms with van der Waals surface area (Å²) in [5.74, 6) is -1.95. The van der Waals surface area contributed by atoms with Gasteiger partial charge >= 0.3 is 5.97 Å². The first-order chi connectivity index (χ1) is 10.1. The number of nitrogens with one attached hydrogen (secondary N) is 1. The van der Waals surface area contributed by atoms with Crippen molar-refractivity contribution in [2.24, 2.45) is 23.7 Å². The van der Waals surface area contributed by atoms with Gasteiger partial charge in [0.05, 0.1) is 17.9 Å². The number of carboxylic acids is 1. The van der Waals surface area contributed by atoms with Crippen molar-refractivity contribution < 1.29 is 14.7 Å². The van der Waals surface area contributed by atoms with Gasteiger partial charge in [-0.05, 0) is 30.7 Å². The number of carbonyl (C=O) groups is 2. The van der Waals surface area contributed by atoms with Crippen molar-refractivity contribution in [3.63, 3.8) is 0 Å². The lowest BCUT2D eigenvalue weighted by atomic mass is 9.82. The summed E-state index contributed by atoms with van der Waals surface area (Å²) >= 11 is 0. The second-order valence-corrected chi connectivity index (χ2v) is 5.98. The molecule has 0 heterocycles. The fraction of sp³-hybridized carbons (Fsp3) is 0.412. The van der Waals surface area contributed by atoms with E-state index >= 15 is 0 Å². The zero-order valence-corrected chi connectivity index (χ0v) is 11.9. The molecule has 1 aromatic carbocycles. The van der Waals surface area contributed by atoms with Crippen molar-refractivity contribution in [1.82, 2.24) is 5.32 Å². The molecule has 4 nitrogen and oxygen atoms in total. The number of carbonyl (C=O) groups excluding carboxylic acids is 1. The number of aliphatic carboxylic acids is 1. The molecule has 4 unspecified atom stereocenters. The fourth-order valence-corrected chi connectivity index (χ4v) is 3.65. The Morgan fingerprint density at radius 3 is 2.38 bits per heavy atom. The van der Waals surface area contributed by atoms with Gasteiger partial charge in [0.25, 0.3) is 0 Å². The largest absolute Gasteiger partial charge is 0.481 e. The van der Waals surface area contributed by atoms with Gasteiger partial charge in [-0.15, -0.1) is 0 Å². The molecule has 0 radical (unpaired) electrons. The molecule has 5 atom stereocenters. The smallest absolute Gasteiger partial charge is 0.307 e. The van der Waals surface area contributed by atoms with E-state index in [0.29, 0.717) is 0 Å². The first-order valence-electron chi connectivity index (χ1n) is 7.34. The zero-order chi connectivity index (χ0) is 15.0. The van der Waals surface area contributed by atoms with E-state index in [1.54, 1.807) is 0 Å². The van der Waals surface area contributed by atoms with Crippen LogP contribution in [0.5, 0.6) is 0 Å². The maximum atomic E-state index is 12.5. The van der Waals surface area contributed by atoms with Crippen molar-refractivity contribution >= 4 is 11.9 Å². The summed E-state index contributed by atoms with van der Waals surface area (Å²) in [5, 5.41) is 12.4. The van der Waals surface area contributed by atoms with Gasteiger partial charge in [-0.3, -0.25) is 9.59 Å². The molecule has 0 aliphatic heterocycles. The number of benzene rings is 1. The monoisotopic (exact) mass is 285 g/mol. The first-order valence-corrected chi connectivity index (χ1v) is 7.34. The highest BCUT2D eigenvalue weighted by molar-refractivity contribution is 5.87. The lowest BCUT2D eigenvalue weighted by Crippen LogP contribution is -2.41. The molecule has 0 spiro atoms. The highest BCUT2D eigenvalue weighted by atomic mass is 16.4. The van der Waals surface area contributed by atoms with Crippen LogP contribution in [0.1, 0.15) is 24.9 Å². The summed E-state index contributed by atoms with van der Waals surface area (Å²) in [6, 6.07) is 9.59. The van der Waals surface area contributed by atoms with Gasteiger partial charge in [0.15, 0.2) is 0 Å². The highest BCUT2D eigenvalue weighted by Gasteiger charge is 2.51. The Labute approximate surface area is 123 Å². The number of fused-ring (bicyclic) bond motifs is 2. The summed E-state index contributed by atoms with van der Waals surface area (Å²) in [6.45, 7) is 1.92. The second kappa shape index (κ2) is 5.35. The highest BCUT2D eigenvalue weighted by Crippen LogP contribution is 2.48. The SMILES string of the molecule is C[C@@H](NC(=O)C1C2C=CC(C2)C1C(=O)O)c1ccccc1. The quantitative estimate of drug-likeness (QED) is 0.835. The topological polar surface area (TPSA) is 66.4 Å². The Hall–Kier alpha value is -2.10. The van der Waals surface area contributed by atoms with E-state index in [-0.39, 0.29) is 23.8 Å². The van der Waals surface area contributed by atoms with Crippen LogP contribution in [-0.2, 0) is 9.59 Å². The molecule has 0 aromatic heterocycles. The van der Waals surface area contributed by atoms with Crippen molar-refractivity contribution in [1.29, 1.82) is 0 Å². The number of allylic oxidation sites excluding steroid dienone is 2. The lowest BCUT2D eigenvalue weighted by Gasteiger charge is -2.25. The average Bonchev–Trinajstić information content (AvgIpc) is 3.08. The Balaban J connectivity index is 1.73. The van der Waals surface area contributed by atoms with Gasteiger partial charge < -0.3 is 10.4 Å². The third-order valence-electron chi connectivity index (χ3n) is 4.71. The van der Waals surface area contributed by atoms with Crippen LogP contribution in [0.15, 0.2) is 42.5 Å². The molecule has 3 rings (SSSR count). The molecule has 0 saturated heterocycles. The van der Waals surface area contributed by atoms with Gasteiger partial charge in [-0.1, -0.05) is 42.5 Å². The maximum absolute atomic E-state index is 12.5. The summed E-state index contributed by atoms with van der Waals surface area (Å²) in [4.78, 5) is 24.0. The molecule has 2 N–H and O–H groups in total. The lowest BCUT2D eigenvalue weighted by molar-refractivity contribution is -0.148. The van der Waals surface area contributed by atoms with Crippen molar-refractivity contribution in [3.05, 3.63) is 48.0 Å². The average molecular weight is 285 g/mol. The number of rotatable bonds is 4. The molecule has 1 saturated carbocycles. The van der Waals surface area contributed by atoms with Gasteiger partial charge in [0.1, 0.15) is 0 Å². The Bertz CT molecular complexity index is 581. The molecule has 4 heteroatoms. The van der Waals surface area contributed by atoms with Gasteiger partial charge in [0.2, 0.25) is 5.91 Å². The predicted octanol–water partition coefficient (Wildman–Crippen LogP) is 2.39. The van der Waals surface area contributed by atoms with Crippen LogP contribution in [0.25, 0.3) is 0 Å². The zero-order valence-electron chi connectivity index (χ0n) is 11.9. The number of hydrogen-bond donors (Lipinski definition) is 2. The van der Waals surface area contributed by atoms with Crippen LogP contribution in [0.3, 0.4) is 0 Å². The number of hydrogen-bond acceptors (Lipinski definition) is 2. The Morgan fingerprint density at radius 1 is 1.14 bits per heavy atom. The normalized spacial score (nSPS) is 31.1. The molecule has 110 valence electrons. The Kier molecular flexibility index (Phi) is 3.53. The van der Waals surface area contributed by atoms with Crippen LogP contribution >= 0.6 is 0 Å². The third kappa shape index (κ3) is 2.46. The van der Waals surface area contributed by atoms with Gasteiger partial charge in [-0.25, -0.2) is 0 Å². The van der Waals surface area contributed by atoms with Crippen LogP contribution < -0.4 is 5.32 Å². The van der Waals surface area contributed by atoms with E-state index in [1.165, 1.54) is 0 Å². The summed E-state index contributed by atoms with van der Waals surface area (Å²) in [6.07, 6.45) is 4.74. The van der Waals surface area contributed by atoms with E-state index in [9.17, 15) is 14.7 Å². The molecular formula is C17H19NO3. The van der Waals surface area contributed by atoms with Gasteiger partial charge in [-0.2, -0.15) is 0 Å². The van der Waals surface area contributed by atoms with Crippen LogP contribution in [0.4, 0.5) is 0 Å². The minimum absolute atomic E-state index is 0.00952. The molecule has 2 bridgehead atoms. The standard InChI is InChI=1S/C17H19NO3/c1-10(11-5-3-2-4-6-11)18-16(19)14-12-7-8-13(9-12)15(14)17(20)21/h2-8,10,12-15H,9H2,1H3,(H,18,19)(H,20,21)/t10-,12?,13?,14?,15?/m1/s1. The number of carboxylic acid groups (broad SMARTS) is 1. The van der Waals surface area contributed by atoms with Crippen molar-refractivity contribution in [3.8, 4) is 0 Å². The molecule has 1 fully saturated rings. The minimum Gasteiger partial charge on any atom is -0.481 e. The molecule has 1 amide bonds. The van der Waals surface area contributed by atoms with Gasteiger partial charge in [0, 0.05) is 0 Å². The molecular weight excluding hydrogens is 266 g/mol. The Morgan fingerprint density at radius 2 is 1.76 bits per heavy atom. The van der Waals surface area contributed by atoms with Crippen molar-refractivity contribution in [2.45, 2.75) is 19.4 Å². The second-order valence-electron chi connectivity index (χ2n) is 5.98. The third-order valence-corrected chi connectivity index (χ3v) is 4.71. The van der Waals surface area contributed by atoms with E-state index < -0.39 is 17.8 Å². The van der Waals surface area contributed by atoms with Crippen LogP contribution in [0.2, 0.25) is 0 Å². The van der Waals surface area contributed by atoms with E-state index in [4.69, 9.17) is 0 Å². The maximum Gasteiger partial charge on any atom is 0.307 e. The van der Waals surface area contributed by atoms with E-state index in [0.717, 1.165) is 12.0 Å². The summed E-state index contributed by atoms with van der Waals surface area (Å²) in [5.41, 5.74) is 1.02. The first kappa shape index (κ1) is 13.9.